The van der Waals surface area contributed by atoms with Gasteiger partial charge in [-0.2, -0.15) is 0 Å². The summed E-state index contributed by atoms with van der Waals surface area (Å²) in [5.74, 6) is 0.943. The number of alkyl carbamates (subject to hydrolysis) is 1. The molecule has 2 aromatic heterocycles. The summed E-state index contributed by atoms with van der Waals surface area (Å²) in [6, 6.07) is 6.96. The molecule has 0 spiro atoms. The third kappa shape index (κ3) is 8.20. The second-order valence-electron chi connectivity index (χ2n) is 11.3. The van der Waals surface area contributed by atoms with E-state index in [2.05, 4.69) is 40.0 Å². The second kappa shape index (κ2) is 13.7. The number of nitrogens with one attached hydrogen (secondary N) is 3. The summed E-state index contributed by atoms with van der Waals surface area (Å²) in [7, 11) is 0. The minimum Gasteiger partial charge on any atom is -0.444 e. The molecule has 0 fully saturated rings. The van der Waals surface area contributed by atoms with E-state index >= 15 is 0 Å². The number of aliphatic imine (C=N–C) groups is 1. The van der Waals surface area contributed by atoms with E-state index in [4.69, 9.17) is 21.3 Å². The van der Waals surface area contributed by atoms with Crippen LogP contribution in [0.3, 0.4) is 0 Å². The number of aromatic nitrogens is 3. The highest BCUT2D eigenvalue weighted by Gasteiger charge is 2.32. The van der Waals surface area contributed by atoms with Gasteiger partial charge < -0.3 is 20.7 Å². The summed E-state index contributed by atoms with van der Waals surface area (Å²) >= 11 is 7.83. The first-order valence-electron chi connectivity index (χ1n) is 14.2. The van der Waals surface area contributed by atoms with Gasteiger partial charge in [0.1, 0.15) is 22.5 Å². The SMILES string of the molecule is Cc1sc2c(c1C)C(c1ccc(Cl)cc1)=N[C@@H](CC(=O)NCCNC(=O)CCCNC(=O)OC(C)(C)C)c1nnc(C)n1-2. The smallest absolute Gasteiger partial charge is 0.407 e. The first kappa shape index (κ1) is 32.2. The molecule has 0 radical (unpaired) electrons. The first-order chi connectivity index (χ1) is 20.3. The topological polar surface area (TPSA) is 140 Å². The van der Waals surface area contributed by atoms with Gasteiger partial charge in [-0.3, -0.25) is 19.1 Å². The Labute approximate surface area is 260 Å². The molecule has 4 rings (SSSR count). The van der Waals surface area contributed by atoms with E-state index in [-0.39, 0.29) is 37.7 Å². The Morgan fingerprint density at radius 1 is 0.977 bits per heavy atom. The lowest BCUT2D eigenvalue weighted by atomic mass is 9.99. The van der Waals surface area contributed by atoms with Crippen molar-refractivity contribution in [3.63, 3.8) is 0 Å². The third-order valence-electron chi connectivity index (χ3n) is 6.75. The highest BCUT2D eigenvalue weighted by Crippen LogP contribution is 2.39. The normalized spacial score (nSPS) is 14.2. The lowest BCUT2D eigenvalue weighted by molar-refractivity contribution is -0.123. The number of aryl methyl sites for hydroxylation is 2. The number of amides is 3. The van der Waals surface area contributed by atoms with Crippen LogP contribution in [0.15, 0.2) is 29.3 Å². The molecule has 1 aromatic carbocycles. The fraction of sp³-hybridized carbons (Fsp3) is 0.467. The van der Waals surface area contributed by atoms with E-state index in [1.54, 1.807) is 32.1 Å². The number of carbonyl (C=O) groups is 3. The Hall–Kier alpha value is -3.77. The second-order valence-corrected chi connectivity index (χ2v) is 13.0. The van der Waals surface area contributed by atoms with Crippen LogP contribution in [0.25, 0.3) is 5.00 Å². The van der Waals surface area contributed by atoms with E-state index < -0.39 is 17.7 Å². The number of hydrogen-bond donors (Lipinski definition) is 3. The highest BCUT2D eigenvalue weighted by molar-refractivity contribution is 7.15. The summed E-state index contributed by atoms with van der Waals surface area (Å²) in [5.41, 5.74) is 3.23. The van der Waals surface area contributed by atoms with Gasteiger partial charge >= 0.3 is 6.09 Å². The summed E-state index contributed by atoms with van der Waals surface area (Å²) in [5, 5.41) is 18.7. The molecule has 0 saturated heterocycles. The van der Waals surface area contributed by atoms with Crippen LogP contribution in [0, 0.1) is 20.8 Å². The quantitative estimate of drug-likeness (QED) is 0.278. The van der Waals surface area contributed by atoms with Crippen molar-refractivity contribution in [2.45, 2.75) is 72.4 Å². The van der Waals surface area contributed by atoms with Crippen LogP contribution in [0.2, 0.25) is 5.02 Å². The lowest BCUT2D eigenvalue weighted by Crippen LogP contribution is -2.36. The van der Waals surface area contributed by atoms with Crippen molar-refractivity contribution in [3.8, 4) is 5.00 Å². The Balaban J connectivity index is 1.37. The van der Waals surface area contributed by atoms with Crippen LogP contribution in [-0.2, 0) is 14.3 Å². The zero-order chi connectivity index (χ0) is 31.3. The molecule has 0 saturated carbocycles. The zero-order valence-corrected chi connectivity index (χ0v) is 26.9. The van der Waals surface area contributed by atoms with Gasteiger partial charge in [-0.15, -0.1) is 21.5 Å². The maximum Gasteiger partial charge on any atom is 0.407 e. The van der Waals surface area contributed by atoms with Gasteiger partial charge in [0.05, 0.1) is 12.1 Å². The molecule has 13 heteroatoms. The van der Waals surface area contributed by atoms with Crippen LogP contribution < -0.4 is 16.0 Å². The van der Waals surface area contributed by atoms with Crippen LogP contribution in [0.4, 0.5) is 4.79 Å². The molecule has 230 valence electrons. The maximum absolute atomic E-state index is 13.1. The molecule has 0 unspecified atom stereocenters. The summed E-state index contributed by atoms with van der Waals surface area (Å²) < 4.78 is 7.17. The van der Waals surface area contributed by atoms with Gasteiger partial charge in [-0.1, -0.05) is 23.7 Å². The molecule has 43 heavy (non-hydrogen) atoms. The van der Waals surface area contributed by atoms with Crippen molar-refractivity contribution in [2.75, 3.05) is 19.6 Å². The van der Waals surface area contributed by atoms with Crippen LogP contribution in [0.1, 0.15) is 79.3 Å². The standard InChI is InChI=1S/C30H38ClN7O4S/c1-17-18(2)43-28-25(17)26(20-9-11-21(31)12-10-20)35-22(27-37-36-19(3)38(27)28)16-24(40)33-15-14-32-23(39)8-7-13-34-29(41)42-30(4,5)6/h9-12,22H,7-8,13-16H2,1-6H3,(H,32,39)(H,33,40)(H,34,41)/t22-/m0/s1. The van der Waals surface area contributed by atoms with E-state index in [1.807, 2.05) is 35.8 Å². The minimum atomic E-state index is -0.574. The fourth-order valence-corrected chi connectivity index (χ4v) is 5.97. The molecule has 11 nitrogen and oxygen atoms in total. The molecule has 1 aliphatic rings. The number of thiophene rings is 1. The molecule has 0 aliphatic carbocycles. The fourth-order valence-electron chi connectivity index (χ4n) is 4.63. The van der Waals surface area contributed by atoms with E-state index in [9.17, 15) is 14.4 Å². The number of nitrogens with zero attached hydrogens (tertiary/aromatic N) is 4. The molecule has 3 aromatic rings. The average molecular weight is 628 g/mol. The highest BCUT2D eigenvalue weighted by atomic mass is 35.5. The van der Waals surface area contributed by atoms with Crippen molar-refractivity contribution in [1.82, 2.24) is 30.7 Å². The van der Waals surface area contributed by atoms with Crippen molar-refractivity contribution in [2.24, 2.45) is 4.99 Å². The van der Waals surface area contributed by atoms with Crippen molar-refractivity contribution >= 4 is 46.6 Å². The number of ether oxygens (including phenoxy) is 1. The Morgan fingerprint density at radius 2 is 1.65 bits per heavy atom. The van der Waals surface area contributed by atoms with E-state index in [0.717, 1.165) is 33.2 Å². The maximum atomic E-state index is 13.1. The van der Waals surface area contributed by atoms with Gasteiger partial charge in [0, 0.05) is 47.1 Å². The summed E-state index contributed by atoms with van der Waals surface area (Å²) in [6.07, 6.45) is 0.263. The molecule has 3 amide bonds. The third-order valence-corrected chi connectivity index (χ3v) is 8.20. The van der Waals surface area contributed by atoms with Gasteiger partial charge in [0.2, 0.25) is 11.8 Å². The predicted molar refractivity (Wildman–Crippen MR) is 167 cm³/mol. The summed E-state index contributed by atoms with van der Waals surface area (Å²) in [6.45, 7) is 12.3. The number of benzene rings is 1. The molecule has 3 heterocycles. The van der Waals surface area contributed by atoms with Gasteiger partial charge in [-0.25, -0.2) is 4.79 Å². The Morgan fingerprint density at radius 3 is 2.33 bits per heavy atom. The van der Waals surface area contributed by atoms with Gasteiger partial charge in [-0.05, 0) is 65.7 Å². The Kier molecular flexibility index (Phi) is 10.2. The summed E-state index contributed by atoms with van der Waals surface area (Å²) in [4.78, 5) is 43.2. The number of rotatable bonds is 10. The Bertz CT molecular complexity index is 1520. The van der Waals surface area contributed by atoms with Crippen LogP contribution in [-0.4, -0.2) is 63.6 Å². The predicted octanol–water partition coefficient (Wildman–Crippen LogP) is 4.73. The van der Waals surface area contributed by atoms with Crippen LogP contribution in [0.5, 0.6) is 0 Å². The zero-order valence-electron chi connectivity index (χ0n) is 25.3. The van der Waals surface area contributed by atoms with Crippen molar-refractivity contribution in [3.05, 3.63) is 62.5 Å². The average Bonchev–Trinajstić information content (AvgIpc) is 3.40. The lowest BCUT2D eigenvalue weighted by Gasteiger charge is -2.19. The number of carbonyl (C=O) groups excluding carboxylic acids is 3. The van der Waals surface area contributed by atoms with Crippen LogP contribution >= 0.6 is 22.9 Å². The minimum absolute atomic E-state index is 0.0620. The molecule has 0 bridgehead atoms. The number of hydrogen-bond acceptors (Lipinski definition) is 8. The monoisotopic (exact) mass is 627 g/mol. The van der Waals surface area contributed by atoms with Gasteiger partial charge in [0.15, 0.2) is 5.82 Å². The molecular weight excluding hydrogens is 590 g/mol. The van der Waals surface area contributed by atoms with E-state index in [1.165, 1.54) is 4.88 Å². The van der Waals surface area contributed by atoms with Crippen molar-refractivity contribution in [1.29, 1.82) is 0 Å². The van der Waals surface area contributed by atoms with Crippen molar-refractivity contribution < 1.29 is 19.1 Å². The van der Waals surface area contributed by atoms with E-state index in [0.29, 0.717) is 23.8 Å². The van der Waals surface area contributed by atoms with Gasteiger partial charge in [0.25, 0.3) is 0 Å². The molecule has 1 aliphatic heterocycles. The number of halogens is 1. The number of fused-ring (bicyclic) bond motifs is 3. The molecule has 3 N–H and O–H groups in total. The molecule has 1 atom stereocenters. The molecular formula is C30H38ClN7O4S. The largest absolute Gasteiger partial charge is 0.444 e. The first-order valence-corrected chi connectivity index (χ1v) is 15.4.